The molecule has 1 aromatic heterocycles. The summed E-state index contributed by atoms with van der Waals surface area (Å²) in [7, 11) is 0. The summed E-state index contributed by atoms with van der Waals surface area (Å²) < 4.78 is 1.94. The SMILES string of the molecule is O=C(O)Nc1cn(C2CC2)cn1. The number of nitrogens with one attached hydrogen (secondary N) is 1. The Bertz CT molecular complexity index is 303. The largest absolute Gasteiger partial charge is 0.465 e. The summed E-state index contributed by atoms with van der Waals surface area (Å²) in [4.78, 5) is 14.1. The molecule has 1 amide bonds. The van der Waals surface area contributed by atoms with E-state index < -0.39 is 6.09 Å². The van der Waals surface area contributed by atoms with Crippen LogP contribution in [0, 0.1) is 0 Å². The van der Waals surface area contributed by atoms with Crippen LogP contribution in [0.4, 0.5) is 10.6 Å². The Morgan fingerprint density at radius 2 is 2.50 bits per heavy atom. The van der Waals surface area contributed by atoms with Gasteiger partial charge in [0.25, 0.3) is 0 Å². The van der Waals surface area contributed by atoms with E-state index in [1.165, 1.54) is 12.8 Å². The fourth-order valence-corrected chi connectivity index (χ4v) is 1.08. The highest BCUT2D eigenvalue weighted by Crippen LogP contribution is 2.34. The topological polar surface area (TPSA) is 67.2 Å². The first-order valence-corrected chi connectivity index (χ1v) is 3.79. The van der Waals surface area contributed by atoms with E-state index in [-0.39, 0.29) is 0 Å². The maximum Gasteiger partial charge on any atom is 0.410 e. The van der Waals surface area contributed by atoms with Crippen LogP contribution >= 0.6 is 0 Å². The zero-order valence-electron chi connectivity index (χ0n) is 6.40. The van der Waals surface area contributed by atoms with Gasteiger partial charge in [-0.1, -0.05) is 0 Å². The van der Waals surface area contributed by atoms with Gasteiger partial charge in [-0.3, -0.25) is 5.32 Å². The van der Waals surface area contributed by atoms with Crippen LogP contribution < -0.4 is 5.32 Å². The van der Waals surface area contributed by atoms with Crippen molar-refractivity contribution in [2.24, 2.45) is 0 Å². The minimum atomic E-state index is -1.07. The predicted octanol–water partition coefficient (Wildman–Crippen LogP) is 1.31. The Morgan fingerprint density at radius 3 is 3.08 bits per heavy atom. The van der Waals surface area contributed by atoms with Gasteiger partial charge >= 0.3 is 6.09 Å². The molecule has 0 aliphatic heterocycles. The molecule has 1 heterocycles. The first-order chi connectivity index (χ1) is 5.75. The summed E-state index contributed by atoms with van der Waals surface area (Å²) in [5, 5.41) is 10.6. The average Bonchev–Trinajstić information content (AvgIpc) is 2.73. The van der Waals surface area contributed by atoms with Crippen LogP contribution in [0.15, 0.2) is 12.5 Å². The minimum absolute atomic E-state index is 0.398. The summed E-state index contributed by atoms with van der Waals surface area (Å²) in [6.07, 6.45) is 4.64. The molecular weight excluding hydrogens is 158 g/mol. The Balaban J connectivity index is 2.07. The van der Waals surface area contributed by atoms with Crippen molar-refractivity contribution in [2.75, 3.05) is 5.32 Å². The maximum atomic E-state index is 10.2. The van der Waals surface area contributed by atoms with Gasteiger partial charge in [-0.25, -0.2) is 9.78 Å². The molecule has 1 aliphatic carbocycles. The zero-order chi connectivity index (χ0) is 8.55. The molecule has 0 spiro atoms. The Kier molecular flexibility index (Phi) is 1.49. The molecule has 64 valence electrons. The third-order valence-electron chi connectivity index (χ3n) is 1.81. The first kappa shape index (κ1) is 7.15. The van der Waals surface area contributed by atoms with Gasteiger partial charge in [-0.15, -0.1) is 0 Å². The summed E-state index contributed by atoms with van der Waals surface area (Å²) >= 11 is 0. The number of aromatic nitrogens is 2. The molecule has 1 aromatic rings. The molecule has 12 heavy (non-hydrogen) atoms. The van der Waals surface area contributed by atoms with Gasteiger partial charge in [-0.05, 0) is 12.8 Å². The van der Waals surface area contributed by atoms with Crippen molar-refractivity contribution in [2.45, 2.75) is 18.9 Å². The number of amides is 1. The van der Waals surface area contributed by atoms with Crippen LogP contribution in [0.1, 0.15) is 18.9 Å². The standard InChI is InChI=1S/C7H9N3O2/c11-7(12)9-6-3-10(4-8-6)5-1-2-5/h3-5,9H,1-2H2,(H,11,12). The second-order valence-corrected chi connectivity index (χ2v) is 2.87. The molecule has 0 radical (unpaired) electrons. The van der Waals surface area contributed by atoms with E-state index >= 15 is 0 Å². The zero-order valence-corrected chi connectivity index (χ0v) is 6.40. The highest BCUT2D eigenvalue weighted by molar-refractivity contribution is 5.81. The van der Waals surface area contributed by atoms with Crippen molar-refractivity contribution >= 4 is 11.9 Å². The van der Waals surface area contributed by atoms with E-state index in [1.54, 1.807) is 12.5 Å². The number of rotatable bonds is 2. The van der Waals surface area contributed by atoms with Gasteiger partial charge in [0.1, 0.15) is 0 Å². The monoisotopic (exact) mass is 167 g/mol. The number of anilines is 1. The number of hydrogen-bond acceptors (Lipinski definition) is 2. The van der Waals surface area contributed by atoms with Crippen molar-refractivity contribution < 1.29 is 9.90 Å². The first-order valence-electron chi connectivity index (χ1n) is 3.79. The van der Waals surface area contributed by atoms with Crippen molar-refractivity contribution in [3.05, 3.63) is 12.5 Å². The lowest BCUT2D eigenvalue weighted by Gasteiger charge is -1.94. The summed E-state index contributed by atoms with van der Waals surface area (Å²) in [6.45, 7) is 0. The molecule has 0 unspecified atom stereocenters. The maximum absolute atomic E-state index is 10.2. The number of imidazole rings is 1. The second-order valence-electron chi connectivity index (χ2n) is 2.87. The molecule has 5 nitrogen and oxygen atoms in total. The van der Waals surface area contributed by atoms with Crippen molar-refractivity contribution in [3.63, 3.8) is 0 Å². The molecule has 1 saturated carbocycles. The molecule has 2 N–H and O–H groups in total. The van der Waals surface area contributed by atoms with E-state index in [2.05, 4.69) is 10.3 Å². The summed E-state index contributed by atoms with van der Waals surface area (Å²) in [5.74, 6) is 0.398. The number of carbonyl (C=O) groups is 1. The third-order valence-corrected chi connectivity index (χ3v) is 1.81. The van der Waals surface area contributed by atoms with Gasteiger partial charge < -0.3 is 9.67 Å². The number of nitrogens with zero attached hydrogens (tertiary/aromatic N) is 2. The van der Waals surface area contributed by atoms with E-state index in [9.17, 15) is 4.79 Å². The molecule has 0 saturated heterocycles. The highest BCUT2D eigenvalue weighted by Gasteiger charge is 2.23. The Morgan fingerprint density at radius 1 is 1.75 bits per heavy atom. The van der Waals surface area contributed by atoms with Crippen LogP contribution in [0.3, 0.4) is 0 Å². The lowest BCUT2D eigenvalue weighted by molar-refractivity contribution is 0.209. The fourth-order valence-electron chi connectivity index (χ4n) is 1.08. The molecule has 2 rings (SSSR count). The second kappa shape index (κ2) is 2.51. The molecule has 1 aliphatic rings. The normalized spacial score (nSPS) is 16.0. The van der Waals surface area contributed by atoms with Gasteiger partial charge in [0.05, 0.1) is 6.33 Å². The molecule has 5 heteroatoms. The van der Waals surface area contributed by atoms with Crippen LogP contribution in [0.25, 0.3) is 0 Å². The lowest BCUT2D eigenvalue weighted by atomic mass is 10.6. The molecule has 0 atom stereocenters. The molecule has 0 aromatic carbocycles. The quantitative estimate of drug-likeness (QED) is 0.697. The number of carboxylic acid groups (broad SMARTS) is 1. The van der Waals surface area contributed by atoms with E-state index in [0.717, 1.165) is 0 Å². The summed E-state index contributed by atoms with van der Waals surface area (Å²) in [5.41, 5.74) is 0. The van der Waals surface area contributed by atoms with Gasteiger partial charge in [0.15, 0.2) is 5.82 Å². The van der Waals surface area contributed by atoms with E-state index in [1.807, 2.05) is 4.57 Å². The van der Waals surface area contributed by atoms with Gasteiger partial charge in [0, 0.05) is 12.2 Å². The number of hydrogen-bond donors (Lipinski definition) is 2. The molecular formula is C7H9N3O2. The van der Waals surface area contributed by atoms with Gasteiger partial charge in [0.2, 0.25) is 0 Å². The fraction of sp³-hybridized carbons (Fsp3) is 0.429. The van der Waals surface area contributed by atoms with Crippen LogP contribution in [-0.2, 0) is 0 Å². The van der Waals surface area contributed by atoms with Crippen LogP contribution in [0.5, 0.6) is 0 Å². The van der Waals surface area contributed by atoms with Crippen LogP contribution in [-0.4, -0.2) is 20.8 Å². The molecule has 0 bridgehead atoms. The molecule has 1 fully saturated rings. The Labute approximate surface area is 69.0 Å². The minimum Gasteiger partial charge on any atom is -0.465 e. The van der Waals surface area contributed by atoms with E-state index in [0.29, 0.717) is 11.9 Å². The van der Waals surface area contributed by atoms with Crippen molar-refractivity contribution in [1.29, 1.82) is 0 Å². The summed E-state index contributed by atoms with van der Waals surface area (Å²) in [6, 6.07) is 0.543. The third kappa shape index (κ3) is 1.39. The lowest BCUT2D eigenvalue weighted by Crippen LogP contribution is -2.07. The Hall–Kier alpha value is -1.52. The van der Waals surface area contributed by atoms with Crippen molar-refractivity contribution in [1.82, 2.24) is 9.55 Å². The van der Waals surface area contributed by atoms with E-state index in [4.69, 9.17) is 5.11 Å². The average molecular weight is 167 g/mol. The predicted molar refractivity (Wildman–Crippen MR) is 42.1 cm³/mol. The van der Waals surface area contributed by atoms with Crippen molar-refractivity contribution in [3.8, 4) is 0 Å². The van der Waals surface area contributed by atoms with Crippen LogP contribution in [0.2, 0.25) is 0 Å². The van der Waals surface area contributed by atoms with Gasteiger partial charge in [-0.2, -0.15) is 0 Å². The smallest absolute Gasteiger partial charge is 0.410 e. The highest BCUT2D eigenvalue weighted by atomic mass is 16.4.